The Labute approximate surface area is 190 Å². The second kappa shape index (κ2) is 10.4. The molecule has 2 rings (SSSR count). The first-order chi connectivity index (χ1) is 15.0. The van der Waals surface area contributed by atoms with E-state index in [0.29, 0.717) is 22.8 Å². The molecule has 0 spiro atoms. The van der Waals surface area contributed by atoms with Gasteiger partial charge in [0.2, 0.25) is 0 Å². The van der Waals surface area contributed by atoms with Gasteiger partial charge >= 0.3 is 6.09 Å². The first-order valence-electron chi connectivity index (χ1n) is 10.4. The summed E-state index contributed by atoms with van der Waals surface area (Å²) in [5.74, 6) is 0.869. The van der Waals surface area contributed by atoms with Gasteiger partial charge in [0.25, 0.3) is 0 Å². The number of methoxy groups -OCH3 is 3. The standard InChI is InChI=1S/C23H36N2O7/c1-9-14(18-19(26)16(24)11-25(18)22(27)32-23(3,4)5)15-10-17(29-7)13(2)20(30-8)21(15)31-12-28-6/h9-10,14,16,18-19,26H,1,11-12,24H2,2-8H3/t14-,16+,18+,19-/m1/s1. The van der Waals surface area contributed by atoms with Gasteiger partial charge in [0.05, 0.1) is 32.4 Å². The molecule has 180 valence electrons. The average Bonchev–Trinajstić information content (AvgIpc) is 3.01. The number of benzene rings is 1. The molecule has 1 fully saturated rings. The highest BCUT2D eigenvalue weighted by Crippen LogP contribution is 2.46. The van der Waals surface area contributed by atoms with E-state index in [2.05, 4.69) is 6.58 Å². The van der Waals surface area contributed by atoms with Gasteiger partial charge in [0, 0.05) is 30.7 Å². The summed E-state index contributed by atoms with van der Waals surface area (Å²) < 4.78 is 27.7. The quantitative estimate of drug-likeness (QED) is 0.457. The molecule has 0 aliphatic carbocycles. The molecule has 1 aromatic carbocycles. The summed E-state index contributed by atoms with van der Waals surface area (Å²) in [4.78, 5) is 14.4. The van der Waals surface area contributed by atoms with Gasteiger partial charge in [-0.05, 0) is 33.8 Å². The summed E-state index contributed by atoms with van der Waals surface area (Å²) >= 11 is 0. The molecule has 3 N–H and O–H groups in total. The predicted octanol–water partition coefficient (Wildman–Crippen LogP) is 2.57. The highest BCUT2D eigenvalue weighted by molar-refractivity contribution is 5.70. The zero-order valence-corrected chi connectivity index (χ0v) is 20.0. The van der Waals surface area contributed by atoms with Crippen LogP contribution >= 0.6 is 0 Å². The van der Waals surface area contributed by atoms with E-state index < -0.39 is 35.8 Å². The van der Waals surface area contributed by atoms with Gasteiger partial charge in [-0.1, -0.05) is 6.08 Å². The van der Waals surface area contributed by atoms with Crippen LogP contribution in [0.3, 0.4) is 0 Å². The third-order valence-electron chi connectivity index (χ3n) is 5.38. The van der Waals surface area contributed by atoms with Crippen LogP contribution < -0.4 is 19.9 Å². The van der Waals surface area contributed by atoms with Gasteiger partial charge < -0.3 is 34.5 Å². The van der Waals surface area contributed by atoms with E-state index in [-0.39, 0.29) is 13.3 Å². The molecular weight excluding hydrogens is 416 g/mol. The van der Waals surface area contributed by atoms with Gasteiger partial charge in [0.15, 0.2) is 18.3 Å². The highest BCUT2D eigenvalue weighted by Gasteiger charge is 2.47. The van der Waals surface area contributed by atoms with Crippen LogP contribution in [-0.4, -0.2) is 74.6 Å². The van der Waals surface area contributed by atoms with E-state index in [4.69, 9.17) is 29.4 Å². The second-order valence-corrected chi connectivity index (χ2v) is 8.75. The van der Waals surface area contributed by atoms with Crippen molar-refractivity contribution in [3.8, 4) is 17.2 Å². The van der Waals surface area contributed by atoms with E-state index in [1.165, 1.54) is 19.1 Å². The van der Waals surface area contributed by atoms with Crippen LogP contribution in [0.5, 0.6) is 17.2 Å². The summed E-state index contributed by atoms with van der Waals surface area (Å²) in [5.41, 5.74) is 6.80. The third kappa shape index (κ3) is 5.28. The van der Waals surface area contributed by atoms with Crippen LogP contribution in [0, 0.1) is 6.92 Å². The molecule has 0 saturated carbocycles. The number of nitrogens with zero attached hydrogens (tertiary/aromatic N) is 1. The number of aliphatic hydroxyl groups excluding tert-OH is 1. The van der Waals surface area contributed by atoms with Crippen molar-refractivity contribution in [2.45, 2.75) is 57.4 Å². The van der Waals surface area contributed by atoms with Crippen LogP contribution in [0.1, 0.15) is 37.8 Å². The van der Waals surface area contributed by atoms with Crippen molar-refractivity contribution >= 4 is 6.09 Å². The lowest BCUT2D eigenvalue weighted by atomic mass is 9.86. The lowest BCUT2D eigenvalue weighted by molar-refractivity contribution is 0.0130. The van der Waals surface area contributed by atoms with Gasteiger partial charge in [-0.15, -0.1) is 6.58 Å². The number of hydrogen-bond acceptors (Lipinski definition) is 8. The zero-order valence-electron chi connectivity index (χ0n) is 20.0. The number of amides is 1. The normalized spacial score (nSPS) is 21.8. The summed E-state index contributed by atoms with van der Waals surface area (Å²) in [6, 6.07) is 0.408. The molecule has 1 aromatic rings. The lowest BCUT2D eigenvalue weighted by Gasteiger charge is -2.34. The van der Waals surface area contributed by atoms with Crippen molar-refractivity contribution in [2.75, 3.05) is 34.7 Å². The topological polar surface area (TPSA) is 113 Å². The van der Waals surface area contributed by atoms with Crippen LogP contribution in [0.15, 0.2) is 18.7 Å². The zero-order chi connectivity index (χ0) is 24.2. The number of ether oxygens (including phenoxy) is 5. The van der Waals surface area contributed by atoms with Crippen molar-refractivity contribution in [2.24, 2.45) is 5.73 Å². The summed E-state index contributed by atoms with van der Waals surface area (Å²) in [6.07, 6.45) is 0.0674. The molecule has 1 heterocycles. The Hall–Kier alpha value is -2.49. The minimum atomic E-state index is -1.01. The summed E-state index contributed by atoms with van der Waals surface area (Å²) in [6.45, 7) is 11.3. The van der Waals surface area contributed by atoms with Crippen LogP contribution in [0.2, 0.25) is 0 Å². The Morgan fingerprint density at radius 1 is 1.31 bits per heavy atom. The Balaban J connectivity index is 2.63. The Kier molecular flexibility index (Phi) is 8.39. The fourth-order valence-electron chi connectivity index (χ4n) is 3.97. The van der Waals surface area contributed by atoms with E-state index in [9.17, 15) is 9.90 Å². The SMILES string of the molecule is C=C[C@H](c1cc(OC)c(C)c(OC)c1OCOC)[C@H]1[C@H](O)[C@@H](N)CN1C(=O)OC(C)(C)C. The van der Waals surface area contributed by atoms with Gasteiger partial charge in [-0.3, -0.25) is 4.90 Å². The molecule has 0 radical (unpaired) electrons. The fraction of sp³-hybridized carbons (Fsp3) is 0.609. The fourth-order valence-corrected chi connectivity index (χ4v) is 3.97. The number of aliphatic hydroxyl groups is 1. The number of rotatable bonds is 8. The molecule has 0 bridgehead atoms. The molecule has 9 nitrogen and oxygen atoms in total. The highest BCUT2D eigenvalue weighted by atomic mass is 16.7. The molecular formula is C23H36N2O7. The van der Waals surface area contributed by atoms with Crippen LogP contribution in [-0.2, 0) is 9.47 Å². The first kappa shape index (κ1) is 25.8. The second-order valence-electron chi connectivity index (χ2n) is 8.75. The predicted molar refractivity (Wildman–Crippen MR) is 120 cm³/mol. The number of nitrogens with two attached hydrogens (primary N) is 1. The molecule has 32 heavy (non-hydrogen) atoms. The molecule has 0 unspecified atom stereocenters. The Morgan fingerprint density at radius 3 is 2.47 bits per heavy atom. The molecule has 1 aliphatic rings. The van der Waals surface area contributed by atoms with E-state index in [1.54, 1.807) is 40.0 Å². The van der Waals surface area contributed by atoms with E-state index in [0.717, 1.165) is 5.56 Å². The molecule has 1 aliphatic heterocycles. The van der Waals surface area contributed by atoms with Gasteiger partial charge in [-0.2, -0.15) is 0 Å². The smallest absolute Gasteiger partial charge is 0.410 e. The molecule has 1 saturated heterocycles. The maximum absolute atomic E-state index is 13.0. The molecule has 4 atom stereocenters. The van der Waals surface area contributed by atoms with Crippen LogP contribution in [0.4, 0.5) is 4.79 Å². The lowest BCUT2D eigenvalue weighted by Crippen LogP contribution is -2.45. The number of carbonyl (C=O) groups is 1. The maximum Gasteiger partial charge on any atom is 0.410 e. The van der Waals surface area contributed by atoms with Crippen molar-refractivity contribution < 1.29 is 33.6 Å². The minimum absolute atomic E-state index is 0.0263. The van der Waals surface area contributed by atoms with Gasteiger partial charge in [-0.25, -0.2) is 4.79 Å². The van der Waals surface area contributed by atoms with Crippen LogP contribution in [0.25, 0.3) is 0 Å². The van der Waals surface area contributed by atoms with Crippen molar-refractivity contribution in [1.82, 2.24) is 4.90 Å². The summed E-state index contributed by atoms with van der Waals surface area (Å²) in [5, 5.41) is 11.0. The van der Waals surface area contributed by atoms with E-state index in [1.807, 2.05) is 6.92 Å². The number of carbonyl (C=O) groups excluding carboxylic acids is 1. The average molecular weight is 453 g/mol. The number of hydrogen-bond donors (Lipinski definition) is 2. The first-order valence-corrected chi connectivity index (χ1v) is 10.4. The van der Waals surface area contributed by atoms with E-state index >= 15 is 0 Å². The largest absolute Gasteiger partial charge is 0.496 e. The van der Waals surface area contributed by atoms with Crippen molar-refractivity contribution in [3.63, 3.8) is 0 Å². The van der Waals surface area contributed by atoms with Crippen molar-refractivity contribution in [1.29, 1.82) is 0 Å². The molecule has 9 heteroatoms. The number of likely N-dealkylation sites (tertiary alicyclic amines) is 1. The molecule has 0 aromatic heterocycles. The molecule has 1 amide bonds. The summed E-state index contributed by atoms with van der Waals surface area (Å²) in [7, 11) is 4.59. The maximum atomic E-state index is 13.0. The monoisotopic (exact) mass is 452 g/mol. The Morgan fingerprint density at radius 2 is 1.97 bits per heavy atom. The third-order valence-corrected chi connectivity index (χ3v) is 5.38. The Bertz CT molecular complexity index is 822. The van der Waals surface area contributed by atoms with Gasteiger partial charge in [0.1, 0.15) is 11.4 Å². The van der Waals surface area contributed by atoms with Crippen molar-refractivity contribution in [3.05, 3.63) is 29.8 Å². The minimum Gasteiger partial charge on any atom is -0.496 e.